The molecule has 0 aliphatic heterocycles. The molecule has 5 heteroatoms. The molecule has 0 amide bonds. The zero-order chi connectivity index (χ0) is 15.2. The highest BCUT2D eigenvalue weighted by Crippen LogP contribution is 2.26. The third kappa shape index (κ3) is 3.99. The Bertz CT molecular complexity index is 595. The average Bonchev–Trinajstić information content (AvgIpc) is 2.89. The second-order valence-electron chi connectivity index (χ2n) is 4.89. The molecule has 114 valence electrons. The van der Waals surface area contributed by atoms with Gasteiger partial charge in [0.2, 0.25) is 0 Å². The summed E-state index contributed by atoms with van der Waals surface area (Å²) in [6.07, 6.45) is 1.75. The van der Waals surface area contributed by atoms with Gasteiger partial charge >= 0.3 is 0 Å². The van der Waals surface area contributed by atoms with Gasteiger partial charge in [0.1, 0.15) is 12.4 Å². The van der Waals surface area contributed by atoms with Crippen LogP contribution in [0.5, 0.6) is 5.75 Å². The molecular weight excluding hydrogens is 286 g/mol. The maximum absolute atomic E-state index is 6.25. The summed E-state index contributed by atoms with van der Waals surface area (Å²) >= 11 is 6.25. The Morgan fingerprint density at radius 3 is 2.71 bits per heavy atom. The third-order valence-corrected chi connectivity index (χ3v) is 3.68. The van der Waals surface area contributed by atoms with Gasteiger partial charge in [0.15, 0.2) is 0 Å². The van der Waals surface area contributed by atoms with Crippen molar-refractivity contribution in [3.63, 3.8) is 0 Å². The maximum atomic E-state index is 6.25. The van der Waals surface area contributed by atoms with E-state index in [-0.39, 0.29) is 0 Å². The van der Waals surface area contributed by atoms with Crippen LogP contribution in [0.3, 0.4) is 0 Å². The first-order valence-electron chi connectivity index (χ1n) is 7.34. The molecule has 1 aromatic heterocycles. The van der Waals surface area contributed by atoms with Crippen LogP contribution in [-0.2, 0) is 26.0 Å². The fourth-order valence-electron chi connectivity index (χ4n) is 2.21. The number of halogens is 1. The highest BCUT2D eigenvalue weighted by molar-refractivity contribution is 6.32. The first-order valence-corrected chi connectivity index (χ1v) is 7.72. The molecule has 21 heavy (non-hydrogen) atoms. The van der Waals surface area contributed by atoms with Crippen LogP contribution in [0.2, 0.25) is 5.02 Å². The van der Waals surface area contributed by atoms with Crippen molar-refractivity contribution < 1.29 is 4.74 Å². The van der Waals surface area contributed by atoms with E-state index in [4.69, 9.17) is 22.1 Å². The van der Waals surface area contributed by atoms with Crippen LogP contribution in [0.15, 0.2) is 24.3 Å². The fourth-order valence-corrected chi connectivity index (χ4v) is 2.47. The lowest BCUT2D eigenvalue weighted by Gasteiger charge is -2.10. The maximum Gasteiger partial charge on any atom is 0.138 e. The minimum absolute atomic E-state index is 0.469. The summed E-state index contributed by atoms with van der Waals surface area (Å²) in [4.78, 5) is 0. The van der Waals surface area contributed by atoms with E-state index in [0.29, 0.717) is 23.9 Å². The van der Waals surface area contributed by atoms with Crippen molar-refractivity contribution in [3.05, 3.63) is 46.2 Å². The molecule has 0 bridgehead atoms. The number of hydrogen-bond donors (Lipinski definition) is 1. The van der Waals surface area contributed by atoms with Gasteiger partial charge in [-0.25, -0.2) is 0 Å². The molecule has 1 heterocycles. The first kappa shape index (κ1) is 15.9. The summed E-state index contributed by atoms with van der Waals surface area (Å²) in [6, 6.07) is 7.90. The number of ether oxygens (including phenoxy) is 1. The number of aryl methyl sites for hydroxylation is 2. The molecule has 0 aliphatic rings. The Labute approximate surface area is 130 Å². The standard InChI is InChI=1S/C16H22ClN3O/c1-3-13-10-14(20(4-2)19-13)11-21-16-6-5-12(7-8-18)9-15(16)17/h5-6,9-10H,3-4,7-8,11,18H2,1-2H3. The number of nitrogens with two attached hydrogens (primary N) is 1. The fraction of sp³-hybridized carbons (Fsp3) is 0.438. The molecule has 0 fully saturated rings. The molecule has 0 atom stereocenters. The van der Waals surface area contributed by atoms with Crippen molar-refractivity contribution in [1.29, 1.82) is 0 Å². The Kier molecular flexibility index (Phi) is 5.65. The Hall–Kier alpha value is -1.52. The zero-order valence-electron chi connectivity index (χ0n) is 12.6. The van der Waals surface area contributed by atoms with Crippen molar-refractivity contribution in [3.8, 4) is 5.75 Å². The van der Waals surface area contributed by atoms with Crippen LogP contribution in [-0.4, -0.2) is 16.3 Å². The Morgan fingerprint density at radius 2 is 2.10 bits per heavy atom. The second kappa shape index (κ2) is 7.48. The molecule has 0 unspecified atom stereocenters. The molecule has 1 aromatic carbocycles. The normalized spacial score (nSPS) is 10.9. The van der Waals surface area contributed by atoms with Gasteiger partial charge in [-0.2, -0.15) is 5.10 Å². The molecule has 0 saturated carbocycles. The molecule has 4 nitrogen and oxygen atoms in total. The molecule has 0 radical (unpaired) electrons. The monoisotopic (exact) mass is 307 g/mol. The molecule has 2 aromatic rings. The van der Waals surface area contributed by atoms with Gasteiger partial charge in [-0.05, 0) is 50.1 Å². The number of aromatic nitrogens is 2. The van der Waals surface area contributed by atoms with Gasteiger partial charge in [-0.1, -0.05) is 24.6 Å². The van der Waals surface area contributed by atoms with Crippen LogP contribution in [0.4, 0.5) is 0 Å². The topological polar surface area (TPSA) is 53.1 Å². The van der Waals surface area contributed by atoms with E-state index in [0.717, 1.165) is 36.3 Å². The van der Waals surface area contributed by atoms with Crippen molar-refractivity contribution >= 4 is 11.6 Å². The van der Waals surface area contributed by atoms with Gasteiger partial charge < -0.3 is 10.5 Å². The number of benzene rings is 1. The summed E-state index contributed by atoms with van der Waals surface area (Å²) in [5.74, 6) is 0.694. The summed E-state index contributed by atoms with van der Waals surface area (Å²) < 4.78 is 7.80. The van der Waals surface area contributed by atoms with E-state index in [2.05, 4.69) is 25.0 Å². The van der Waals surface area contributed by atoms with E-state index < -0.39 is 0 Å². The van der Waals surface area contributed by atoms with E-state index in [1.165, 1.54) is 0 Å². The SMILES string of the molecule is CCc1cc(COc2ccc(CCN)cc2Cl)n(CC)n1. The van der Waals surface area contributed by atoms with Gasteiger partial charge in [0, 0.05) is 6.54 Å². The summed E-state index contributed by atoms with van der Waals surface area (Å²) in [5, 5.41) is 5.13. The predicted molar refractivity (Wildman–Crippen MR) is 85.8 cm³/mol. The largest absolute Gasteiger partial charge is 0.486 e. The quantitative estimate of drug-likeness (QED) is 0.854. The van der Waals surface area contributed by atoms with Crippen molar-refractivity contribution in [2.24, 2.45) is 5.73 Å². The third-order valence-electron chi connectivity index (χ3n) is 3.38. The Balaban J connectivity index is 2.07. The predicted octanol–water partition coefficient (Wildman–Crippen LogP) is 3.20. The van der Waals surface area contributed by atoms with E-state index in [1.54, 1.807) is 0 Å². The second-order valence-corrected chi connectivity index (χ2v) is 5.30. The summed E-state index contributed by atoms with van der Waals surface area (Å²) in [5.41, 5.74) is 8.82. The molecular formula is C16H22ClN3O. The highest BCUT2D eigenvalue weighted by Gasteiger charge is 2.08. The van der Waals surface area contributed by atoms with E-state index >= 15 is 0 Å². The molecule has 2 rings (SSSR count). The van der Waals surface area contributed by atoms with E-state index in [1.807, 2.05) is 22.9 Å². The lowest BCUT2D eigenvalue weighted by atomic mass is 10.1. The van der Waals surface area contributed by atoms with Crippen LogP contribution in [0, 0.1) is 0 Å². The number of hydrogen-bond acceptors (Lipinski definition) is 3. The van der Waals surface area contributed by atoms with Gasteiger partial charge in [0.05, 0.1) is 16.4 Å². The van der Waals surface area contributed by atoms with Crippen LogP contribution < -0.4 is 10.5 Å². The van der Waals surface area contributed by atoms with Crippen LogP contribution in [0.25, 0.3) is 0 Å². The van der Waals surface area contributed by atoms with Gasteiger partial charge in [0.25, 0.3) is 0 Å². The molecule has 0 saturated heterocycles. The number of nitrogens with zero attached hydrogens (tertiary/aromatic N) is 2. The summed E-state index contributed by atoms with van der Waals surface area (Å²) in [6.45, 7) is 6.09. The van der Waals surface area contributed by atoms with Crippen molar-refractivity contribution in [2.75, 3.05) is 6.54 Å². The zero-order valence-corrected chi connectivity index (χ0v) is 13.4. The van der Waals surface area contributed by atoms with Gasteiger partial charge in [-0.15, -0.1) is 0 Å². The van der Waals surface area contributed by atoms with Crippen LogP contribution >= 0.6 is 11.6 Å². The number of rotatable bonds is 7. The first-order chi connectivity index (χ1) is 10.2. The highest BCUT2D eigenvalue weighted by atomic mass is 35.5. The lowest BCUT2D eigenvalue weighted by molar-refractivity contribution is 0.292. The van der Waals surface area contributed by atoms with Crippen molar-refractivity contribution in [1.82, 2.24) is 9.78 Å². The minimum Gasteiger partial charge on any atom is -0.486 e. The van der Waals surface area contributed by atoms with Gasteiger partial charge in [-0.3, -0.25) is 4.68 Å². The minimum atomic E-state index is 0.469. The van der Waals surface area contributed by atoms with Crippen LogP contribution in [0.1, 0.15) is 30.8 Å². The Morgan fingerprint density at radius 1 is 1.29 bits per heavy atom. The lowest BCUT2D eigenvalue weighted by Crippen LogP contribution is -2.06. The summed E-state index contributed by atoms with van der Waals surface area (Å²) in [7, 11) is 0. The van der Waals surface area contributed by atoms with Crippen molar-refractivity contribution in [2.45, 2.75) is 39.8 Å². The smallest absolute Gasteiger partial charge is 0.138 e. The molecule has 0 aliphatic carbocycles. The molecule has 0 spiro atoms. The van der Waals surface area contributed by atoms with E-state index in [9.17, 15) is 0 Å². The molecule has 2 N–H and O–H groups in total. The average molecular weight is 308 g/mol.